The summed E-state index contributed by atoms with van der Waals surface area (Å²) in [7, 11) is 0. The van der Waals surface area contributed by atoms with E-state index in [0.29, 0.717) is 28.7 Å². The first kappa shape index (κ1) is 21.4. The highest BCUT2D eigenvalue weighted by atomic mass is 35.5. The van der Waals surface area contributed by atoms with Crippen LogP contribution >= 0.6 is 11.6 Å². The quantitative estimate of drug-likeness (QED) is 0.564. The fraction of sp³-hybridized carbons (Fsp3) is 0.360. The second-order valence-electron chi connectivity index (χ2n) is 8.52. The van der Waals surface area contributed by atoms with Gasteiger partial charge in [-0.15, -0.1) is 0 Å². The molecule has 0 bridgehead atoms. The molecule has 1 atom stereocenters. The monoisotopic (exact) mass is 437 g/mol. The van der Waals surface area contributed by atoms with Crippen LogP contribution in [0.5, 0.6) is 0 Å². The molecule has 3 aromatic rings. The highest BCUT2D eigenvalue weighted by Gasteiger charge is 2.22. The van der Waals surface area contributed by atoms with Gasteiger partial charge in [0.1, 0.15) is 6.54 Å². The van der Waals surface area contributed by atoms with E-state index in [2.05, 4.69) is 17.2 Å². The van der Waals surface area contributed by atoms with Crippen LogP contribution in [-0.2, 0) is 17.6 Å². The van der Waals surface area contributed by atoms with Crippen molar-refractivity contribution < 1.29 is 9.59 Å². The Kier molecular flexibility index (Phi) is 6.05. The van der Waals surface area contributed by atoms with Crippen molar-refractivity contribution in [3.8, 4) is 0 Å². The number of likely N-dealkylation sites (N-methyl/N-ethyl adjacent to an activating group) is 1. The van der Waals surface area contributed by atoms with Gasteiger partial charge in [0.15, 0.2) is 0 Å². The van der Waals surface area contributed by atoms with Crippen LogP contribution < -0.4 is 5.32 Å². The van der Waals surface area contributed by atoms with Gasteiger partial charge in [-0.25, -0.2) is 0 Å². The molecule has 0 fully saturated rings. The van der Waals surface area contributed by atoms with E-state index in [9.17, 15) is 9.59 Å². The van der Waals surface area contributed by atoms with Crippen molar-refractivity contribution in [2.24, 2.45) is 5.92 Å². The first-order chi connectivity index (χ1) is 14.9. The fourth-order valence-corrected chi connectivity index (χ4v) is 4.50. The molecule has 1 heterocycles. The number of rotatable bonds is 5. The fourth-order valence-electron chi connectivity index (χ4n) is 4.33. The first-order valence-electron chi connectivity index (χ1n) is 10.8. The lowest BCUT2D eigenvalue weighted by atomic mass is 9.87. The number of anilines is 1. The lowest BCUT2D eigenvalue weighted by Crippen LogP contribution is -2.38. The molecular weight excluding hydrogens is 410 g/mol. The largest absolute Gasteiger partial charge is 0.358 e. The minimum absolute atomic E-state index is 0.0123. The zero-order chi connectivity index (χ0) is 22.1. The van der Waals surface area contributed by atoms with Gasteiger partial charge in [0.05, 0.1) is 0 Å². The molecule has 0 aliphatic heterocycles. The SMILES string of the molecule is CCN(CC(=O)Nc1cc(Cl)ccc1C)C(=O)c1ccc2[nH]c3c(c2c1)CC(C)CC3. The van der Waals surface area contributed by atoms with Gasteiger partial charge in [-0.2, -0.15) is 0 Å². The van der Waals surface area contributed by atoms with Crippen LogP contribution in [0.3, 0.4) is 0 Å². The molecule has 0 spiro atoms. The van der Waals surface area contributed by atoms with E-state index in [-0.39, 0.29) is 18.4 Å². The van der Waals surface area contributed by atoms with Gasteiger partial charge in [0.25, 0.3) is 5.91 Å². The predicted octanol–water partition coefficient (Wildman–Crippen LogP) is 5.36. The molecule has 1 unspecified atom stereocenters. The number of nitrogens with zero attached hydrogens (tertiary/aromatic N) is 1. The van der Waals surface area contributed by atoms with Gasteiger partial charge < -0.3 is 15.2 Å². The Hall–Kier alpha value is -2.79. The number of amides is 2. The number of carbonyl (C=O) groups is 2. The topological polar surface area (TPSA) is 65.2 Å². The van der Waals surface area contributed by atoms with E-state index >= 15 is 0 Å². The maximum absolute atomic E-state index is 13.2. The van der Waals surface area contributed by atoms with Crippen LogP contribution in [0, 0.1) is 12.8 Å². The van der Waals surface area contributed by atoms with Gasteiger partial charge in [0, 0.05) is 39.4 Å². The Bertz CT molecular complexity index is 1150. The van der Waals surface area contributed by atoms with Gasteiger partial charge in [0.2, 0.25) is 5.91 Å². The van der Waals surface area contributed by atoms with Gasteiger partial charge >= 0.3 is 0 Å². The number of aromatic amines is 1. The van der Waals surface area contributed by atoms with E-state index < -0.39 is 0 Å². The highest BCUT2D eigenvalue weighted by molar-refractivity contribution is 6.31. The molecule has 1 aliphatic rings. The number of H-pyrrole nitrogens is 1. The standard InChI is InChI=1S/C25H28ClN3O2/c1-4-29(14-24(30)28-23-13-18(26)8-6-16(23)3)25(31)17-7-10-22-20(12-17)19-11-15(2)5-9-21(19)27-22/h6-8,10,12-13,15,27H,4-5,9,11,14H2,1-3H3,(H,28,30). The Balaban J connectivity index is 1.53. The van der Waals surface area contributed by atoms with Crippen molar-refractivity contribution in [3.63, 3.8) is 0 Å². The average molecular weight is 438 g/mol. The summed E-state index contributed by atoms with van der Waals surface area (Å²) >= 11 is 6.04. The van der Waals surface area contributed by atoms with Crippen LogP contribution in [0.15, 0.2) is 36.4 Å². The van der Waals surface area contributed by atoms with E-state index in [0.717, 1.165) is 29.3 Å². The van der Waals surface area contributed by atoms with Crippen molar-refractivity contribution in [2.45, 2.75) is 40.0 Å². The first-order valence-corrected chi connectivity index (χ1v) is 11.2. The van der Waals surface area contributed by atoms with Crippen LogP contribution in [-0.4, -0.2) is 34.8 Å². The minimum atomic E-state index is -0.241. The maximum atomic E-state index is 13.2. The van der Waals surface area contributed by atoms with Crippen LogP contribution in [0.2, 0.25) is 5.02 Å². The Morgan fingerprint density at radius 2 is 2.03 bits per heavy atom. The molecule has 162 valence electrons. The normalized spacial score (nSPS) is 15.5. The van der Waals surface area contributed by atoms with Gasteiger partial charge in [-0.3, -0.25) is 9.59 Å². The lowest BCUT2D eigenvalue weighted by molar-refractivity contribution is -0.116. The van der Waals surface area contributed by atoms with E-state index in [1.54, 1.807) is 17.0 Å². The van der Waals surface area contributed by atoms with Crippen LogP contribution in [0.25, 0.3) is 10.9 Å². The zero-order valence-electron chi connectivity index (χ0n) is 18.2. The number of hydrogen-bond donors (Lipinski definition) is 2. The van der Waals surface area contributed by atoms with Crippen molar-refractivity contribution in [2.75, 3.05) is 18.4 Å². The second kappa shape index (κ2) is 8.75. The summed E-state index contributed by atoms with van der Waals surface area (Å²) in [6.45, 7) is 6.50. The number of nitrogens with one attached hydrogen (secondary N) is 2. The lowest BCUT2D eigenvalue weighted by Gasteiger charge is -2.21. The summed E-state index contributed by atoms with van der Waals surface area (Å²) in [5.74, 6) is 0.271. The summed E-state index contributed by atoms with van der Waals surface area (Å²) in [5, 5.41) is 4.56. The second-order valence-corrected chi connectivity index (χ2v) is 8.95. The van der Waals surface area contributed by atoms with Crippen molar-refractivity contribution >= 4 is 40.0 Å². The third-order valence-corrected chi connectivity index (χ3v) is 6.39. The number of hydrogen-bond acceptors (Lipinski definition) is 2. The molecule has 0 saturated carbocycles. The zero-order valence-corrected chi connectivity index (χ0v) is 19.0. The van der Waals surface area contributed by atoms with Crippen LogP contribution in [0.1, 0.15) is 47.4 Å². The molecule has 2 N–H and O–H groups in total. The minimum Gasteiger partial charge on any atom is -0.358 e. The van der Waals surface area contributed by atoms with Gasteiger partial charge in [-0.05, 0) is 80.5 Å². The summed E-state index contributed by atoms with van der Waals surface area (Å²) in [6, 6.07) is 11.2. The molecule has 2 aromatic carbocycles. The van der Waals surface area contributed by atoms with Crippen molar-refractivity contribution in [1.82, 2.24) is 9.88 Å². The number of benzene rings is 2. The number of aryl methyl sites for hydroxylation is 2. The Morgan fingerprint density at radius 3 is 2.81 bits per heavy atom. The number of aromatic nitrogens is 1. The summed E-state index contributed by atoms with van der Waals surface area (Å²) in [4.78, 5) is 30.9. The Morgan fingerprint density at radius 1 is 1.23 bits per heavy atom. The van der Waals surface area contributed by atoms with Crippen LogP contribution in [0.4, 0.5) is 5.69 Å². The molecule has 1 aromatic heterocycles. The molecule has 4 rings (SSSR count). The highest BCUT2D eigenvalue weighted by Crippen LogP contribution is 2.32. The molecule has 1 aliphatic carbocycles. The molecule has 5 nitrogen and oxygen atoms in total. The molecule has 0 saturated heterocycles. The van der Waals surface area contributed by atoms with Crippen molar-refractivity contribution in [3.05, 3.63) is 63.8 Å². The number of fused-ring (bicyclic) bond motifs is 3. The summed E-state index contributed by atoms with van der Waals surface area (Å²) < 4.78 is 0. The third-order valence-electron chi connectivity index (χ3n) is 6.16. The van der Waals surface area contributed by atoms with E-state index in [1.807, 2.05) is 38.1 Å². The number of carbonyl (C=O) groups excluding carboxylic acids is 2. The third kappa shape index (κ3) is 4.47. The Labute approximate surface area is 187 Å². The van der Waals surface area contributed by atoms with Crippen molar-refractivity contribution in [1.29, 1.82) is 0 Å². The molecule has 2 amide bonds. The molecule has 0 radical (unpaired) electrons. The summed E-state index contributed by atoms with van der Waals surface area (Å²) in [5.41, 5.74) is 5.90. The van der Waals surface area contributed by atoms with E-state index in [1.165, 1.54) is 17.7 Å². The molecule has 31 heavy (non-hydrogen) atoms. The average Bonchev–Trinajstić information content (AvgIpc) is 3.11. The molecular formula is C25H28ClN3O2. The smallest absolute Gasteiger partial charge is 0.254 e. The van der Waals surface area contributed by atoms with Gasteiger partial charge in [-0.1, -0.05) is 24.6 Å². The number of halogens is 1. The maximum Gasteiger partial charge on any atom is 0.254 e. The molecule has 6 heteroatoms. The predicted molar refractivity (Wildman–Crippen MR) is 126 cm³/mol. The summed E-state index contributed by atoms with van der Waals surface area (Å²) in [6.07, 6.45) is 3.28. The van der Waals surface area contributed by atoms with E-state index in [4.69, 9.17) is 11.6 Å².